The highest BCUT2D eigenvalue weighted by Crippen LogP contribution is 2.49. The predicted octanol–water partition coefficient (Wildman–Crippen LogP) is 4.71. The van der Waals surface area contributed by atoms with Crippen LogP contribution in [0.25, 0.3) is 0 Å². The first-order valence-electron chi connectivity index (χ1n) is 10.5. The summed E-state index contributed by atoms with van der Waals surface area (Å²) in [7, 11) is 2.97. The highest BCUT2D eigenvalue weighted by molar-refractivity contribution is 5.73. The number of halogens is 1. The van der Waals surface area contributed by atoms with Crippen molar-refractivity contribution in [3.05, 3.63) is 53.5 Å². The highest BCUT2D eigenvalue weighted by Gasteiger charge is 2.41. The van der Waals surface area contributed by atoms with Crippen LogP contribution in [0.1, 0.15) is 49.1 Å². The Labute approximate surface area is 176 Å². The third-order valence-corrected chi connectivity index (χ3v) is 6.34. The summed E-state index contributed by atoms with van der Waals surface area (Å²) in [4.78, 5) is 16.0. The number of hydrogen-bond donors (Lipinski definition) is 0. The molecule has 2 aliphatic rings. The third-order valence-electron chi connectivity index (χ3n) is 6.34. The molecule has 5 nitrogen and oxygen atoms in total. The van der Waals surface area contributed by atoms with Crippen LogP contribution < -0.4 is 9.47 Å². The zero-order chi connectivity index (χ0) is 21.3. The van der Waals surface area contributed by atoms with Crippen LogP contribution in [0.2, 0.25) is 0 Å². The number of carbonyl (C=O) groups is 1. The van der Waals surface area contributed by atoms with E-state index in [4.69, 9.17) is 14.2 Å². The lowest BCUT2D eigenvalue weighted by molar-refractivity contribution is -0.145. The van der Waals surface area contributed by atoms with E-state index in [0.29, 0.717) is 24.0 Å². The molecule has 2 unspecified atom stereocenters. The summed E-state index contributed by atoms with van der Waals surface area (Å²) in [5.41, 5.74) is 1.76. The minimum atomic E-state index is -0.297. The first-order valence-corrected chi connectivity index (χ1v) is 10.5. The van der Waals surface area contributed by atoms with Gasteiger partial charge in [0.1, 0.15) is 11.6 Å². The molecule has 0 spiro atoms. The number of aromatic nitrogens is 1. The van der Waals surface area contributed by atoms with Crippen LogP contribution in [-0.4, -0.2) is 31.8 Å². The van der Waals surface area contributed by atoms with Crippen molar-refractivity contribution < 1.29 is 23.4 Å². The molecule has 160 valence electrons. The summed E-state index contributed by atoms with van der Waals surface area (Å²) in [6.45, 7) is 2.47. The van der Waals surface area contributed by atoms with E-state index >= 15 is 0 Å². The van der Waals surface area contributed by atoms with Crippen LogP contribution in [0.3, 0.4) is 0 Å². The number of methoxy groups -OCH3 is 2. The summed E-state index contributed by atoms with van der Waals surface area (Å²) in [6, 6.07) is 9.68. The second-order valence-corrected chi connectivity index (χ2v) is 8.41. The van der Waals surface area contributed by atoms with Crippen LogP contribution in [0.4, 0.5) is 4.39 Å². The molecule has 0 radical (unpaired) electrons. The number of hydrogen-bond acceptors (Lipinski definition) is 5. The van der Waals surface area contributed by atoms with Gasteiger partial charge in [-0.2, -0.15) is 0 Å². The Balaban J connectivity index is 1.40. The lowest BCUT2D eigenvalue weighted by Crippen LogP contribution is -2.22. The average Bonchev–Trinajstić information content (AvgIpc) is 3.68. The predicted molar refractivity (Wildman–Crippen MR) is 110 cm³/mol. The molecule has 1 heterocycles. The van der Waals surface area contributed by atoms with Gasteiger partial charge in [0.25, 0.3) is 0 Å². The third kappa shape index (κ3) is 4.42. The summed E-state index contributed by atoms with van der Waals surface area (Å²) >= 11 is 0. The van der Waals surface area contributed by atoms with Crippen molar-refractivity contribution >= 4 is 5.97 Å². The van der Waals surface area contributed by atoms with Crippen LogP contribution in [0.5, 0.6) is 11.6 Å². The maximum atomic E-state index is 14.1. The lowest BCUT2D eigenvalue weighted by Gasteiger charge is -2.23. The number of carbonyl (C=O) groups excluding carboxylic acids is 1. The molecule has 4 atom stereocenters. The van der Waals surface area contributed by atoms with E-state index in [9.17, 15) is 9.18 Å². The van der Waals surface area contributed by atoms with E-state index < -0.39 is 0 Å². The molecule has 0 aliphatic heterocycles. The van der Waals surface area contributed by atoms with Crippen molar-refractivity contribution in [2.75, 3.05) is 20.8 Å². The number of rotatable bonds is 9. The van der Waals surface area contributed by atoms with Crippen LogP contribution in [-0.2, 0) is 9.53 Å². The van der Waals surface area contributed by atoms with Gasteiger partial charge in [-0.25, -0.2) is 9.37 Å². The summed E-state index contributed by atoms with van der Waals surface area (Å²) in [5.74, 6) is 1.62. The number of ether oxygens (including phenoxy) is 3. The topological polar surface area (TPSA) is 57.7 Å². The fraction of sp³-hybridized carbons (Fsp3) is 0.500. The molecule has 2 aliphatic carbocycles. The number of nitrogens with zero attached hydrogens (tertiary/aromatic N) is 1. The van der Waals surface area contributed by atoms with Gasteiger partial charge in [-0.05, 0) is 60.3 Å². The molecule has 1 aromatic heterocycles. The number of esters is 1. The Morgan fingerprint density at radius 1 is 1.27 bits per heavy atom. The molecule has 0 amide bonds. The van der Waals surface area contributed by atoms with E-state index in [-0.39, 0.29) is 35.5 Å². The van der Waals surface area contributed by atoms with Gasteiger partial charge >= 0.3 is 5.97 Å². The second kappa shape index (κ2) is 8.62. The molecule has 0 bridgehead atoms. The fourth-order valence-electron chi connectivity index (χ4n) is 4.41. The zero-order valence-corrected chi connectivity index (χ0v) is 17.6. The van der Waals surface area contributed by atoms with E-state index in [1.54, 1.807) is 6.07 Å². The Hall–Kier alpha value is -2.63. The Kier molecular flexibility index (Phi) is 5.93. The Morgan fingerprint density at radius 2 is 2.07 bits per heavy atom. The molecule has 30 heavy (non-hydrogen) atoms. The van der Waals surface area contributed by atoms with Gasteiger partial charge in [0, 0.05) is 12.0 Å². The van der Waals surface area contributed by atoms with E-state index in [2.05, 4.69) is 11.1 Å². The van der Waals surface area contributed by atoms with Crippen molar-refractivity contribution in [2.24, 2.45) is 17.8 Å². The normalized spacial score (nSPS) is 22.1. The van der Waals surface area contributed by atoms with Gasteiger partial charge in [-0.3, -0.25) is 4.79 Å². The zero-order valence-electron chi connectivity index (χ0n) is 17.6. The Bertz CT molecular complexity index is 914. The summed E-state index contributed by atoms with van der Waals surface area (Å²) in [6.07, 6.45) is 4.38. The van der Waals surface area contributed by atoms with Gasteiger partial charge in [0.2, 0.25) is 5.88 Å². The summed E-state index contributed by atoms with van der Waals surface area (Å²) in [5, 5.41) is 0. The van der Waals surface area contributed by atoms with Crippen molar-refractivity contribution in [1.82, 2.24) is 4.98 Å². The minimum Gasteiger partial charge on any atom is -0.493 e. The molecule has 4 rings (SSSR count). The molecular weight excluding hydrogens is 385 g/mol. The van der Waals surface area contributed by atoms with Crippen molar-refractivity contribution in [3.63, 3.8) is 0 Å². The maximum Gasteiger partial charge on any atom is 0.309 e. The van der Waals surface area contributed by atoms with Gasteiger partial charge in [-0.15, -0.1) is 0 Å². The largest absolute Gasteiger partial charge is 0.493 e. The van der Waals surface area contributed by atoms with E-state index in [1.165, 1.54) is 20.4 Å². The number of pyridine rings is 1. The summed E-state index contributed by atoms with van der Waals surface area (Å²) < 4.78 is 30.3. The van der Waals surface area contributed by atoms with Crippen LogP contribution in [0.15, 0.2) is 36.5 Å². The van der Waals surface area contributed by atoms with Crippen LogP contribution in [0, 0.1) is 23.6 Å². The van der Waals surface area contributed by atoms with Gasteiger partial charge in [0.15, 0.2) is 0 Å². The monoisotopic (exact) mass is 413 g/mol. The average molecular weight is 413 g/mol. The van der Waals surface area contributed by atoms with Gasteiger partial charge < -0.3 is 14.2 Å². The molecular formula is C24H28FNO4. The van der Waals surface area contributed by atoms with E-state index in [1.807, 2.05) is 25.1 Å². The minimum absolute atomic E-state index is 0.128. The molecule has 6 heteroatoms. The molecule has 1 aromatic carbocycles. The molecule has 0 N–H and O–H groups in total. The first-order chi connectivity index (χ1) is 14.5. The van der Waals surface area contributed by atoms with Crippen LogP contribution >= 0.6 is 0 Å². The number of benzene rings is 1. The van der Waals surface area contributed by atoms with Crippen molar-refractivity contribution in [2.45, 2.75) is 38.0 Å². The van der Waals surface area contributed by atoms with E-state index in [0.717, 1.165) is 30.6 Å². The molecule has 2 fully saturated rings. The molecule has 2 saturated carbocycles. The first kappa shape index (κ1) is 20.6. The standard InChI is InChI=1S/C24H28FNO4/c1-14(24(27)29-3)23(15-7-8-15)16-5-4-6-18(9-16)30-13-17-10-19(17)20-11-22(28-2)26-12-21(20)25/h4-6,9,11-12,14-15,17,19,23H,7-8,10,13H2,1-3H3/t14-,17?,19?,23-/m0/s1. The second-order valence-electron chi connectivity index (χ2n) is 8.41. The van der Waals surface area contributed by atoms with Gasteiger partial charge in [0.05, 0.1) is 32.9 Å². The van der Waals surface area contributed by atoms with Crippen molar-refractivity contribution in [1.29, 1.82) is 0 Å². The van der Waals surface area contributed by atoms with Crippen molar-refractivity contribution in [3.8, 4) is 11.6 Å². The maximum absolute atomic E-state index is 14.1. The fourth-order valence-corrected chi connectivity index (χ4v) is 4.41. The Morgan fingerprint density at radius 3 is 2.77 bits per heavy atom. The highest BCUT2D eigenvalue weighted by atomic mass is 19.1. The lowest BCUT2D eigenvalue weighted by atomic mass is 9.83. The van der Waals surface area contributed by atoms with Gasteiger partial charge in [-0.1, -0.05) is 19.1 Å². The quantitative estimate of drug-likeness (QED) is 0.557. The molecule has 0 saturated heterocycles. The molecule has 2 aromatic rings. The SMILES string of the molecule is COC(=O)[C@@H](C)[C@H](c1cccc(OCC2CC2c2cc(OC)ncc2F)c1)C1CC1. The smallest absolute Gasteiger partial charge is 0.309 e.